The Morgan fingerprint density at radius 2 is 2.07 bits per heavy atom. The topological polar surface area (TPSA) is 87.2 Å². The molecule has 142 valence electrons. The van der Waals surface area contributed by atoms with Gasteiger partial charge in [0.15, 0.2) is 17.3 Å². The first kappa shape index (κ1) is 18.1. The van der Waals surface area contributed by atoms with Gasteiger partial charge in [0.05, 0.1) is 6.42 Å². The van der Waals surface area contributed by atoms with E-state index in [0.717, 1.165) is 21.9 Å². The lowest BCUT2D eigenvalue weighted by molar-refractivity contribution is -0.141. The maximum atomic E-state index is 12.6. The molecule has 3 heterocycles. The van der Waals surface area contributed by atoms with Crippen molar-refractivity contribution in [3.63, 3.8) is 0 Å². The highest BCUT2D eigenvalue weighted by molar-refractivity contribution is 7.12. The predicted molar refractivity (Wildman–Crippen MR) is 104 cm³/mol. The van der Waals surface area contributed by atoms with Crippen LogP contribution in [0.2, 0.25) is 0 Å². The zero-order chi connectivity index (χ0) is 19.7. The Morgan fingerprint density at radius 3 is 2.86 bits per heavy atom. The molecule has 0 fully saturated rings. The molecule has 0 aliphatic heterocycles. The van der Waals surface area contributed by atoms with Gasteiger partial charge >= 0.3 is 5.97 Å². The Morgan fingerprint density at radius 1 is 1.25 bits per heavy atom. The van der Waals surface area contributed by atoms with E-state index >= 15 is 0 Å². The summed E-state index contributed by atoms with van der Waals surface area (Å²) in [6, 6.07) is 9.07. The van der Waals surface area contributed by atoms with Gasteiger partial charge in [0.1, 0.15) is 5.69 Å². The molecule has 0 saturated heterocycles. The zero-order valence-electron chi connectivity index (χ0n) is 15.3. The summed E-state index contributed by atoms with van der Waals surface area (Å²) in [7, 11) is 0. The summed E-state index contributed by atoms with van der Waals surface area (Å²) in [6.45, 7) is 3.44. The molecule has 4 aromatic rings. The summed E-state index contributed by atoms with van der Waals surface area (Å²) < 4.78 is 12.3. The molecule has 0 unspecified atom stereocenters. The number of Topliss-reactive ketones (excluding diaryl/α,β-unsaturated/α-hetero) is 1. The van der Waals surface area contributed by atoms with Gasteiger partial charge in [-0.05, 0) is 32.0 Å². The smallest absolute Gasteiger partial charge is 0.312 e. The van der Waals surface area contributed by atoms with E-state index < -0.39 is 5.97 Å². The average Bonchev–Trinajstić information content (AvgIpc) is 3.40. The van der Waals surface area contributed by atoms with Crippen LogP contribution in [0.3, 0.4) is 0 Å². The van der Waals surface area contributed by atoms with Gasteiger partial charge in [0.2, 0.25) is 5.78 Å². The summed E-state index contributed by atoms with van der Waals surface area (Å²) in [4.78, 5) is 29.0. The van der Waals surface area contributed by atoms with E-state index in [9.17, 15) is 9.59 Å². The number of thiazole rings is 1. The predicted octanol–water partition coefficient (Wildman–Crippen LogP) is 3.66. The first-order chi connectivity index (χ1) is 13.5. The molecule has 0 N–H and O–H groups in total. The molecule has 0 bridgehead atoms. The second-order valence-electron chi connectivity index (χ2n) is 6.32. The highest BCUT2D eigenvalue weighted by atomic mass is 32.1. The first-order valence-corrected chi connectivity index (χ1v) is 9.53. The Bertz CT molecular complexity index is 1160. The molecule has 8 heteroatoms. The number of carbonyl (C=O) groups is 2. The molecule has 0 radical (unpaired) electrons. The zero-order valence-corrected chi connectivity index (χ0v) is 16.2. The molecular weight excluding hydrogens is 378 g/mol. The van der Waals surface area contributed by atoms with Crippen LogP contribution >= 0.6 is 11.3 Å². The SMILES string of the molecule is Cc1cc(C(=O)COC(=O)Cc2noc3ccccc23)c(C)n1-c1nccs1. The summed E-state index contributed by atoms with van der Waals surface area (Å²) >= 11 is 1.49. The van der Waals surface area contributed by atoms with Crippen molar-refractivity contribution in [3.8, 4) is 5.13 Å². The number of aryl methyl sites for hydroxylation is 1. The van der Waals surface area contributed by atoms with Crippen molar-refractivity contribution in [2.75, 3.05) is 6.61 Å². The maximum Gasteiger partial charge on any atom is 0.312 e. The number of rotatable bonds is 6. The van der Waals surface area contributed by atoms with Crippen LogP contribution in [-0.2, 0) is 16.0 Å². The fraction of sp³-hybridized carbons (Fsp3) is 0.200. The van der Waals surface area contributed by atoms with Crippen molar-refractivity contribution in [1.29, 1.82) is 0 Å². The number of hydrogen-bond acceptors (Lipinski definition) is 7. The van der Waals surface area contributed by atoms with Crippen molar-refractivity contribution in [2.45, 2.75) is 20.3 Å². The summed E-state index contributed by atoms with van der Waals surface area (Å²) in [6.07, 6.45) is 1.66. The molecule has 3 aromatic heterocycles. The summed E-state index contributed by atoms with van der Waals surface area (Å²) in [5.41, 5.74) is 3.30. The van der Waals surface area contributed by atoms with Gasteiger partial charge in [-0.25, -0.2) is 4.98 Å². The number of carbonyl (C=O) groups excluding carboxylic acids is 2. The fourth-order valence-electron chi connectivity index (χ4n) is 3.14. The van der Waals surface area contributed by atoms with Crippen LogP contribution < -0.4 is 0 Å². The fourth-order valence-corrected chi connectivity index (χ4v) is 3.89. The van der Waals surface area contributed by atoms with E-state index in [1.54, 1.807) is 18.3 Å². The second-order valence-corrected chi connectivity index (χ2v) is 7.19. The lowest BCUT2D eigenvalue weighted by Crippen LogP contribution is -2.16. The van der Waals surface area contributed by atoms with Gasteiger partial charge in [0.25, 0.3) is 0 Å². The number of esters is 1. The maximum absolute atomic E-state index is 12.6. The monoisotopic (exact) mass is 395 g/mol. The second kappa shape index (κ2) is 7.40. The van der Waals surface area contributed by atoms with E-state index in [4.69, 9.17) is 9.26 Å². The van der Waals surface area contributed by atoms with Gasteiger partial charge in [-0.1, -0.05) is 17.3 Å². The highest BCUT2D eigenvalue weighted by Gasteiger charge is 2.20. The summed E-state index contributed by atoms with van der Waals surface area (Å²) in [5, 5.41) is 7.35. The van der Waals surface area contributed by atoms with Gasteiger partial charge in [-0.3, -0.25) is 14.2 Å². The third-order valence-electron chi connectivity index (χ3n) is 4.47. The average molecular weight is 395 g/mol. The van der Waals surface area contributed by atoms with Crippen LogP contribution in [0.4, 0.5) is 0 Å². The van der Waals surface area contributed by atoms with E-state index in [1.807, 2.05) is 42.0 Å². The van der Waals surface area contributed by atoms with Crippen molar-refractivity contribution < 1.29 is 18.8 Å². The highest BCUT2D eigenvalue weighted by Crippen LogP contribution is 2.23. The number of para-hydroxylation sites is 1. The lowest BCUT2D eigenvalue weighted by atomic mass is 10.1. The van der Waals surface area contributed by atoms with Crippen molar-refractivity contribution in [2.24, 2.45) is 0 Å². The minimum Gasteiger partial charge on any atom is -0.457 e. The van der Waals surface area contributed by atoms with Crippen LogP contribution in [0.15, 0.2) is 46.4 Å². The van der Waals surface area contributed by atoms with E-state index in [0.29, 0.717) is 16.8 Å². The van der Waals surface area contributed by atoms with Gasteiger partial charge < -0.3 is 9.26 Å². The normalized spacial score (nSPS) is 11.1. The number of hydrogen-bond donors (Lipinski definition) is 0. The number of nitrogens with zero attached hydrogens (tertiary/aromatic N) is 3. The van der Waals surface area contributed by atoms with E-state index in [2.05, 4.69) is 10.1 Å². The van der Waals surface area contributed by atoms with E-state index in [1.165, 1.54) is 11.3 Å². The van der Waals surface area contributed by atoms with E-state index in [-0.39, 0.29) is 18.8 Å². The molecule has 0 saturated carbocycles. The molecule has 4 rings (SSSR count). The quantitative estimate of drug-likeness (QED) is 0.366. The minimum atomic E-state index is -0.527. The number of fused-ring (bicyclic) bond motifs is 1. The third kappa shape index (κ3) is 3.34. The van der Waals surface area contributed by atoms with Crippen molar-refractivity contribution in [1.82, 2.24) is 14.7 Å². The molecule has 7 nitrogen and oxygen atoms in total. The van der Waals surface area contributed by atoms with Gasteiger partial charge in [-0.2, -0.15) is 0 Å². The Labute approximate surface area is 164 Å². The summed E-state index contributed by atoms with van der Waals surface area (Å²) in [5.74, 6) is -0.782. The minimum absolute atomic E-state index is 0.0531. The van der Waals surface area contributed by atoms with Crippen molar-refractivity contribution in [3.05, 3.63) is 64.6 Å². The molecular formula is C20H17N3O4S. The number of aromatic nitrogens is 3. The first-order valence-electron chi connectivity index (χ1n) is 8.65. The Balaban J connectivity index is 1.43. The van der Waals surface area contributed by atoms with Crippen LogP contribution in [-0.4, -0.2) is 33.1 Å². The molecule has 1 aromatic carbocycles. The number of ketones is 1. The number of ether oxygens (including phenoxy) is 1. The van der Waals surface area contributed by atoms with Crippen LogP contribution in [0.1, 0.15) is 27.4 Å². The number of benzene rings is 1. The molecule has 0 aliphatic carbocycles. The standard InChI is InChI=1S/C20H17N3O4S/c1-12-9-15(13(2)23(12)20-21-7-8-28-20)17(24)11-26-19(25)10-16-14-5-3-4-6-18(14)27-22-16/h3-9H,10-11H2,1-2H3. The lowest BCUT2D eigenvalue weighted by Gasteiger charge is -2.06. The van der Waals surface area contributed by atoms with Gasteiger partial charge in [0, 0.05) is 33.9 Å². The van der Waals surface area contributed by atoms with Crippen LogP contribution in [0.25, 0.3) is 16.1 Å². The van der Waals surface area contributed by atoms with Gasteiger partial charge in [-0.15, -0.1) is 11.3 Å². The van der Waals surface area contributed by atoms with Crippen molar-refractivity contribution >= 4 is 34.1 Å². The Kier molecular flexibility index (Phi) is 4.79. The molecule has 0 aliphatic rings. The molecule has 0 atom stereocenters. The van der Waals surface area contributed by atoms with Crippen LogP contribution in [0.5, 0.6) is 0 Å². The third-order valence-corrected chi connectivity index (χ3v) is 5.23. The molecule has 0 spiro atoms. The molecule has 28 heavy (non-hydrogen) atoms. The largest absolute Gasteiger partial charge is 0.457 e. The Hall–Kier alpha value is -3.26. The van der Waals surface area contributed by atoms with Crippen LogP contribution in [0, 0.1) is 13.8 Å². The molecule has 0 amide bonds.